The minimum Gasteiger partial charge on any atom is -0.352 e. The molecule has 0 saturated heterocycles. The average Bonchev–Trinajstić information content (AvgIpc) is 2.36. The first-order valence-electron chi connectivity index (χ1n) is 6.39. The van der Waals surface area contributed by atoms with Crippen LogP contribution in [0.2, 0.25) is 0 Å². The van der Waals surface area contributed by atoms with E-state index in [9.17, 15) is 4.39 Å². The second-order valence-electron chi connectivity index (χ2n) is 4.03. The summed E-state index contributed by atoms with van der Waals surface area (Å²) in [6.07, 6.45) is -0.254. The van der Waals surface area contributed by atoms with Crippen LogP contribution in [0.5, 0.6) is 0 Å². The third kappa shape index (κ3) is 5.12. The molecule has 0 heterocycles. The monoisotopic (exact) mass is 255 g/mol. The molecule has 0 fully saturated rings. The molecule has 1 rings (SSSR count). The Labute approximate surface area is 108 Å². The molecule has 4 heteroatoms. The number of benzene rings is 1. The van der Waals surface area contributed by atoms with Crippen LogP contribution in [0.15, 0.2) is 24.3 Å². The van der Waals surface area contributed by atoms with Crippen molar-refractivity contribution in [1.82, 2.24) is 5.32 Å². The first-order valence-corrected chi connectivity index (χ1v) is 6.39. The van der Waals surface area contributed by atoms with Gasteiger partial charge in [0, 0.05) is 25.8 Å². The fourth-order valence-electron chi connectivity index (χ4n) is 1.70. The highest BCUT2D eigenvalue weighted by molar-refractivity contribution is 5.19. The molecule has 1 aromatic rings. The number of hydrogen-bond donors (Lipinski definition) is 1. The fraction of sp³-hybridized carbons (Fsp3) is 0.571. The zero-order valence-corrected chi connectivity index (χ0v) is 11.3. The molecule has 102 valence electrons. The lowest BCUT2D eigenvalue weighted by molar-refractivity contribution is -0.133. The predicted molar refractivity (Wildman–Crippen MR) is 69.9 cm³/mol. The van der Waals surface area contributed by atoms with Crippen molar-refractivity contribution in [3.05, 3.63) is 35.6 Å². The van der Waals surface area contributed by atoms with Crippen LogP contribution in [-0.2, 0) is 9.47 Å². The number of ether oxygens (including phenoxy) is 2. The number of hydrogen-bond acceptors (Lipinski definition) is 3. The molecule has 0 amide bonds. The van der Waals surface area contributed by atoms with Crippen LogP contribution in [0.3, 0.4) is 0 Å². The van der Waals surface area contributed by atoms with E-state index in [1.165, 1.54) is 12.1 Å². The second-order valence-corrected chi connectivity index (χ2v) is 4.03. The zero-order valence-electron chi connectivity index (χ0n) is 11.3. The Morgan fingerprint density at radius 2 is 1.89 bits per heavy atom. The predicted octanol–water partition coefficient (Wildman–Crippen LogP) is 2.88. The van der Waals surface area contributed by atoms with Crippen LogP contribution in [0.25, 0.3) is 0 Å². The molecule has 0 aliphatic heterocycles. The van der Waals surface area contributed by atoms with Gasteiger partial charge in [0.25, 0.3) is 0 Å². The van der Waals surface area contributed by atoms with E-state index in [1.54, 1.807) is 6.07 Å². The molecule has 1 aromatic carbocycles. The molecule has 0 spiro atoms. The topological polar surface area (TPSA) is 30.5 Å². The van der Waals surface area contributed by atoms with Crippen LogP contribution >= 0.6 is 0 Å². The Kier molecular flexibility index (Phi) is 6.86. The van der Waals surface area contributed by atoms with E-state index in [0.717, 1.165) is 5.56 Å². The van der Waals surface area contributed by atoms with Crippen LogP contribution in [0.4, 0.5) is 4.39 Å². The van der Waals surface area contributed by atoms with Crippen LogP contribution in [-0.4, -0.2) is 26.0 Å². The van der Waals surface area contributed by atoms with Crippen molar-refractivity contribution in [1.29, 1.82) is 0 Å². The molecule has 0 aliphatic carbocycles. The Bertz CT molecular complexity index is 340. The average molecular weight is 255 g/mol. The molecular weight excluding hydrogens is 233 g/mol. The van der Waals surface area contributed by atoms with Gasteiger partial charge in [-0.05, 0) is 38.5 Å². The summed E-state index contributed by atoms with van der Waals surface area (Å²) in [5, 5.41) is 3.28. The quantitative estimate of drug-likeness (QED) is 0.725. The molecule has 18 heavy (non-hydrogen) atoms. The largest absolute Gasteiger partial charge is 0.352 e. The van der Waals surface area contributed by atoms with Gasteiger partial charge in [-0.3, -0.25) is 0 Å². The molecule has 0 aromatic heterocycles. The zero-order chi connectivity index (χ0) is 13.4. The van der Waals surface area contributed by atoms with Gasteiger partial charge in [-0.1, -0.05) is 12.1 Å². The standard InChI is InChI=1S/C14H22FNO2/c1-4-17-14(18-5-2)10-16-11(3)12-7-6-8-13(15)9-12/h6-9,11,14,16H,4-5,10H2,1-3H3/t11-/m0/s1. The van der Waals surface area contributed by atoms with Gasteiger partial charge >= 0.3 is 0 Å². The lowest BCUT2D eigenvalue weighted by atomic mass is 10.1. The van der Waals surface area contributed by atoms with Gasteiger partial charge in [-0.15, -0.1) is 0 Å². The van der Waals surface area contributed by atoms with Crippen LogP contribution in [0.1, 0.15) is 32.4 Å². The molecule has 1 N–H and O–H groups in total. The van der Waals surface area contributed by atoms with Crippen molar-refractivity contribution in [3.8, 4) is 0 Å². The maximum absolute atomic E-state index is 13.1. The van der Waals surface area contributed by atoms with Crippen molar-refractivity contribution in [2.75, 3.05) is 19.8 Å². The normalized spacial score (nSPS) is 12.9. The first-order chi connectivity index (χ1) is 8.67. The maximum atomic E-state index is 13.1. The van der Waals surface area contributed by atoms with Gasteiger partial charge in [0.1, 0.15) is 5.82 Å². The van der Waals surface area contributed by atoms with Crippen molar-refractivity contribution in [3.63, 3.8) is 0 Å². The van der Waals surface area contributed by atoms with E-state index in [2.05, 4.69) is 5.32 Å². The van der Waals surface area contributed by atoms with E-state index in [0.29, 0.717) is 19.8 Å². The molecule has 0 radical (unpaired) electrons. The summed E-state index contributed by atoms with van der Waals surface area (Å²) in [6, 6.07) is 6.65. The molecule has 0 bridgehead atoms. The van der Waals surface area contributed by atoms with Gasteiger partial charge < -0.3 is 14.8 Å². The van der Waals surface area contributed by atoms with Gasteiger partial charge in [0.05, 0.1) is 0 Å². The van der Waals surface area contributed by atoms with E-state index in [4.69, 9.17) is 9.47 Å². The third-order valence-electron chi connectivity index (χ3n) is 2.64. The van der Waals surface area contributed by atoms with Crippen molar-refractivity contribution < 1.29 is 13.9 Å². The van der Waals surface area contributed by atoms with Crippen LogP contribution in [0, 0.1) is 5.82 Å². The maximum Gasteiger partial charge on any atom is 0.169 e. The molecule has 1 atom stereocenters. The first kappa shape index (κ1) is 15.1. The highest BCUT2D eigenvalue weighted by Crippen LogP contribution is 2.13. The highest BCUT2D eigenvalue weighted by atomic mass is 19.1. The molecule has 0 unspecified atom stereocenters. The third-order valence-corrected chi connectivity index (χ3v) is 2.64. The lowest BCUT2D eigenvalue weighted by Crippen LogP contribution is -2.33. The van der Waals surface area contributed by atoms with Crippen molar-refractivity contribution >= 4 is 0 Å². The smallest absolute Gasteiger partial charge is 0.169 e. The number of nitrogens with one attached hydrogen (secondary N) is 1. The van der Waals surface area contributed by atoms with Crippen LogP contribution < -0.4 is 5.32 Å². The van der Waals surface area contributed by atoms with E-state index < -0.39 is 0 Å². The lowest BCUT2D eigenvalue weighted by Gasteiger charge is -2.21. The van der Waals surface area contributed by atoms with Gasteiger partial charge in [-0.25, -0.2) is 4.39 Å². The summed E-state index contributed by atoms with van der Waals surface area (Å²) < 4.78 is 24.0. The fourth-order valence-corrected chi connectivity index (χ4v) is 1.70. The SMILES string of the molecule is CCOC(CN[C@@H](C)c1cccc(F)c1)OCC. The van der Waals surface area contributed by atoms with E-state index >= 15 is 0 Å². The second kappa shape index (κ2) is 8.19. The van der Waals surface area contributed by atoms with Gasteiger partial charge in [0.15, 0.2) is 6.29 Å². The minimum atomic E-state index is -0.254. The Morgan fingerprint density at radius 3 is 2.44 bits per heavy atom. The van der Waals surface area contributed by atoms with E-state index in [-0.39, 0.29) is 18.1 Å². The molecule has 0 saturated carbocycles. The van der Waals surface area contributed by atoms with Crippen molar-refractivity contribution in [2.45, 2.75) is 33.1 Å². The summed E-state index contributed by atoms with van der Waals surface area (Å²) in [4.78, 5) is 0. The minimum absolute atomic E-state index is 0.0594. The summed E-state index contributed by atoms with van der Waals surface area (Å²) in [5.41, 5.74) is 0.918. The van der Waals surface area contributed by atoms with Gasteiger partial charge in [0.2, 0.25) is 0 Å². The van der Waals surface area contributed by atoms with E-state index in [1.807, 2.05) is 26.8 Å². The summed E-state index contributed by atoms with van der Waals surface area (Å²) in [7, 11) is 0. The highest BCUT2D eigenvalue weighted by Gasteiger charge is 2.11. The van der Waals surface area contributed by atoms with Crippen molar-refractivity contribution in [2.24, 2.45) is 0 Å². The summed E-state index contributed by atoms with van der Waals surface area (Å²) >= 11 is 0. The Balaban J connectivity index is 2.46. The summed E-state index contributed by atoms with van der Waals surface area (Å²) in [6.45, 7) is 7.66. The van der Waals surface area contributed by atoms with Gasteiger partial charge in [-0.2, -0.15) is 0 Å². The molecule has 3 nitrogen and oxygen atoms in total. The molecular formula is C14H22FNO2. The Morgan fingerprint density at radius 1 is 1.22 bits per heavy atom. The number of rotatable bonds is 8. The molecule has 0 aliphatic rings. The Hall–Kier alpha value is -0.970. The number of halogens is 1. The summed E-state index contributed by atoms with van der Waals surface area (Å²) in [5.74, 6) is -0.215.